The van der Waals surface area contributed by atoms with Gasteiger partial charge in [-0.05, 0) is 43.1 Å². The largest absolute Gasteiger partial charge is 0.317 e. The molecule has 0 heterocycles. The van der Waals surface area contributed by atoms with Crippen LogP contribution in [0.3, 0.4) is 0 Å². The SMILES string of the molecule is CCC(C)(C)CC(C)(C)CC1CC1NC. The number of nitrogens with one attached hydrogen (secondary N) is 1. The van der Waals surface area contributed by atoms with Gasteiger partial charge in [-0.1, -0.05) is 41.0 Å². The van der Waals surface area contributed by atoms with Crippen molar-refractivity contribution in [2.75, 3.05) is 7.05 Å². The summed E-state index contributed by atoms with van der Waals surface area (Å²) in [5.41, 5.74) is 1.02. The van der Waals surface area contributed by atoms with Gasteiger partial charge in [0, 0.05) is 6.04 Å². The summed E-state index contributed by atoms with van der Waals surface area (Å²) < 4.78 is 0. The highest BCUT2D eigenvalue weighted by Gasteiger charge is 2.40. The molecule has 1 nitrogen and oxygen atoms in total. The molecule has 1 aliphatic carbocycles. The van der Waals surface area contributed by atoms with Crippen molar-refractivity contribution in [2.45, 2.75) is 66.3 Å². The Balaban J connectivity index is 2.39. The molecule has 0 aromatic heterocycles. The second kappa shape index (κ2) is 4.45. The Morgan fingerprint density at radius 3 is 2.13 bits per heavy atom. The van der Waals surface area contributed by atoms with Gasteiger partial charge in [0.05, 0.1) is 0 Å². The second-order valence-corrected chi connectivity index (χ2v) is 6.95. The first-order valence-corrected chi connectivity index (χ1v) is 6.47. The molecule has 1 aliphatic rings. The highest BCUT2D eigenvalue weighted by atomic mass is 14.9. The molecular weight excluding hydrogens is 182 g/mol. The fourth-order valence-corrected chi connectivity index (χ4v) is 3.03. The Labute approximate surface area is 96.0 Å². The van der Waals surface area contributed by atoms with E-state index >= 15 is 0 Å². The van der Waals surface area contributed by atoms with E-state index in [0.29, 0.717) is 10.8 Å². The van der Waals surface area contributed by atoms with Crippen molar-refractivity contribution in [3.8, 4) is 0 Å². The van der Waals surface area contributed by atoms with Crippen LogP contribution in [0.4, 0.5) is 0 Å². The Kier molecular flexibility index (Phi) is 3.86. The Hall–Kier alpha value is -0.0400. The summed E-state index contributed by atoms with van der Waals surface area (Å²) in [6.45, 7) is 12.0. The highest BCUT2D eigenvalue weighted by molar-refractivity contribution is 4.95. The van der Waals surface area contributed by atoms with Crippen LogP contribution in [0.1, 0.15) is 60.3 Å². The van der Waals surface area contributed by atoms with Crippen LogP contribution < -0.4 is 5.32 Å². The van der Waals surface area contributed by atoms with E-state index in [-0.39, 0.29) is 0 Å². The first kappa shape index (κ1) is 13.0. The lowest BCUT2D eigenvalue weighted by Gasteiger charge is -2.34. The Bertz CT molecular complexity index is 205. The van der Waals surface area contributed by atoms with Crippen LogP contribution in [-0.2, 0) is 0 Å². The van der Waals surface area contributed by atoms with Crippen molar-refractivity contribution in [1.82, 2.24) is 5.32 Å². The van der Waals surface area contributed by atoms with Crippen LogP contribution in [0.15, 0.2) is 0 Å². The van der Waals surface area contributed by atoms with Crippen molar-refractivity contribution in [3.63, 3.8) is 0 Å². The van der Waals surface area contributed by atoms with Crippen LogP contribution in [0.5, 0.6) is 0 Å². The number of rotatable bonds is 6. The van der Waals surface area contributed by atoms with Gasteiger partial charge in [0.2, 0.25) is 0 Å². The minimum Gasteiger partial charge on any atom is -0.317 e. The quantitative estimate of drug-likeness (QED) is 0.704. The molecule has 0 spiro atoms. The zero-order chi connectivity index (χ0) is 11.7. The average molecular weight is 211 g/mol. The first-order valence-electron chi connectivity index (χ1n) is 6.47. The van der Waals surface area contributed by atoms with Gasteiger partial charge in [0.1, 0.15) is 0 Å². The van der Waals surface area contributed by atoms with Crippen molar-refractivity contribution >= 4 is 0 Å². The normalized spacial score (nSPS) is 26.8. The monoisotopic (exact) mass is 211 g/mol. The third-order valence-electron chi connectivity index (χ3n) is 4.02. The third kappa shape index (κ3) is 4.14. The maximum Gasteiger partial charge on any atom is 0.00963 e. The molecule has 0 saturated heterocycles. The van der Waals surface area contributed by atoms with Gasteiger partial charge in [-0.15, -0.1) is 0 Å². The summed E-state index contributed by atoms with van der Waals surface area (Å²) in [5, 5.41) is 3.39. The third-order valence-corrected chi connectivity index (χ3v) is 4.02. The lowest BCUT2D eigenvalue weighted by Crippen LogP contribution is -2.24. The topological polar surface area (TPSA) is 12.0 Å². The maximum absolute atomic E-state index is 3.39. The van der Waals surface area contributed by atoms with Crippen molar-refractivity contribution in [1.29, 1.82) is 0 Å². The Morgan fingerprint density at radius 1 is 1.13 bits per heavy atom. The molecule has 0 aliphatic heterocycles. The molecule has 0 aromatic carbocycles. The molecule has 90 valence electrons. The van der Waals surface area contributed by atoms with Crippen molar-refractivity contribution in [2.24, 2.45) is 16.7 Å². The lowest BCUT2D eigenvalue weighted by molar-refractivity contribution is 0.169. The predicted octanol–water partition coefficient (Wildman–Crippen LogP) is 3.84. The van der Waals surface area contributed by atoms with Crippen LogP contribution >= 0.6 is 0 Å². The van der Waals surface area contributed by atoms with E-state index in [1.807, 2.05) is 0 Å². The molecule has 1 rings (SSSR count). The molecule has 1 saturated carbocycles. The summed E-state index contributed by atoms with van der Waals surface area (Å²) in [6, 6.07) is 0.814. The van der Waals surface area contributed by atoms with Gasteiger partial charge < -0.3 is 5.32 Å². The summed E-state index contributed by atoms with van der Waals surface area (Å²) in [4.78, 5) is 0. The Morgan fingerprint density at radius 2 is 1.73 bits per heavy atom. The molecule has 0 bridgehead atoms. The van der Waals surface area contributed by atoms with Crippen LogP contribution in [0.2, 0.25) is 0 Å². The van der Waals surface area contributed by atoms with E-state index in [1.165, 1.54) is 25.7 Å². The molecule has 15 heavy (non-hydrogen) atoms. The number of hydrogen-bond donors (Lipinski definition) is 1. The van der Waals surface area contributed by atoms with Gasteiger partial charge in [-0.25, -0.2) is 0 Å². The maximum atomic E-state index is 3.39. The molecule has 2 unspecified atom stereocenters. The molecule has 1 N–H and O–H groups in total. The summed E-state index contributed by atoms with van der Waals surface area (Å²) in [5.74, 6) is 0.942. The van der Waals surface area contributed by atoms with E-state index in [1.54, 1.807) is 0 Å². The molecule has 1 heteroatoms. The summed E-state index contributed by atoms with van der Waals surface area (Å²) >= 11 is 0. The van der Waals surface area contributed by atoms with E-state index in [9.17, 15) is 0 Å². The van der Waals surface area contributed by atoms with E-state index in [4.69, 9.17) is 0 Å². The molecular formula is C14H29N. The second-order valence-electron chi connectivity index (χ2n) is 6.95. The fourth-order valence-electron chi connectivity index (χ4n) is 3.03. The molecule has 2 atom stereocenters. The van der Waals surface area contributed by atoms with E-state index in [0.717, 1.165) is 12.0 Å². The minimum absolute atomic E-state index is 0.507. The van der Waals surface area contributed by atoms with Gasteiger partial charge >= 0.3 is 0 Å². The van der Waals surface area contributed by atoms with Crippen LogP contribution in [0, 0.1) is 16.7 Å². The lowest BCUT2D eigenvalue weighted by atomic mass is 9.71. The van der Waals surface area contributed by atoms with Gasteiger partial charge in [-0.3, -0.25) is 0 Å². The number of hydrogen-bond acceptors (Lipinski definition) is 1. The van der Waals surface area contributed by atoms with Crippen LogP contribution in [0.25, 0.3) is 0 Å². The molecule has 0 amide bonds. The molecule has 0 aromatic rings. The summed E-state index contributed by atoms with van der Waals surface area (Å²) in [7, 11) is 2.09. The average Bonchev–Trinajstić information content (AvgIpc) is 2.80. The molecule has 0 radical (unpaired) electrons. The van der Waals surface area contributed by atoms with Crippen molar-refractivity contribution < 1.29 is 0 Å². The molecule has 1 fully saturated rings. The van der Waals surface area contributed by atoms with Gasteiger partial charge in [0.15, 0.2) is 0 Å². The fraction of sp³-hybridized carbons (Fsp3) is 1.00. The van der Waals surface area contributed by atoms with Gasteiger partial charge in [0.25, 0.3) is 0 Å². The predicted molar refractivity (Wildman–Crippen MR) is 68.0 cm³/mol. The zero-order valence-electron chi connectivity index (χ0n) is 11.5. The standard InChI is InChI=1S/C14H29N/c1-7-13(2,3)10-14(4,5)9-11-8-12(11)15-6/h11-12,15H,7-10H2,1-6H3. The van der Waals surface area contributed by atoms with E-state index < -0.39 is 0 Å². The summed E-state index contributed by atoms with van der Waals surface area (Å²) in [6.07, 6.45) is 5.43. The van der Waals surface area contributed by atoms with Gasteiger partial charge in [-0.2, -0.15) is 0 Å². The van der Waals surface area contributed by atoms with Crippen molar-refractivity contribution in [3.05, 3.63) is 0 Å². The minimum atomic E-state index is 0.507. The van der Waals surface area contributed by atoms with E-state index in [2.05, 4.69) is 47.0 Å². The first-order chi connectivity index (χ1) is 6.79. The zero-order valence-corrected chi connectivity index (χ0v) is 11.5. The highest BCUT2D eigenvalue weighted by Crippen LogP contribution is 2.46. The van der Waals surface area contributed by atoms with Crippen LogP contribution in [-0.4, -0.2) is 13.1 Å². The smallest absolute Gasteiger partial charge is 0.00963 e.